The molecule has 0 aliphatic rings. The van der Waals surface area contributed by atoms with E-state index in [0.717, 1.165) is 26.5 Å². The number of carbonyl (C=O) groups is 1. The number of hydrogen-bond donors (Lipinski definition) is 1. The van der Waals surface area contributed by atoms with E-state index >= 15 is 0 Å². The number of benzene rings is 2. The van der Waals surface area contributed by atoms with Gasteiger partial charge < -0.3 is 10.1 Å². The van der Waals surface area contributed by atoms with Crippen LogP contribution < -0.4 is 10.1 Å². The molecule has 3 rings (SSSR count). The fraction of sp³-hybridized carbons (Fsp3) is 0.176. The van der Waals surface area contributed by atoms with Crippen molar-refractivity contribution in [3.05, 3.63) is 53.0 Å². The summed E-state index contributed by atoms with van der Waals surface area (Å²) in [6.45, 7) is 3.97. The van der Waals surface area contributed by atoms with Crippen LogP contribution in [0.15, 0.2) is 42.5 Å². The van der Waals surface area contributed by atoms with Crippen LogP contribution in [0.4, 0.5) is 5.69 Å². The SMILES string of the molecule is Cc1ccc(OCC(=O)Nc2ccc3nc(C)sc3c2)cc1. The summed E-state index contributed by atoms with van der Waals surface area (Å²) in [5.41, 5.74) is 2.87. The first-order valence-corrected chi connectivity index (χ1v) is 7.78. The Balaban J connectivity index is 1.61. The van der Waals surface area contributed by atoms with Crippen LogP contribution in [0.25, 0.3) is 10.2 Å². The fourth-order valence-electron chi connectivity index (χ4n) is 2.10. The first-order valence-electron chi connectivity index (χ1n) is 6.97. The Kier molecular flexibility index (Phi) is 4.06. The first-order chi connectivity index (χ1) is 10.6. The van der Waals surface area contributed by atoms with Crippen molar-refractivity contribution < 1.29 is 9.53 Å². The van der Waals surface area contributed by atoms with Gasteiger partial charge in [-0.25, -0.2) is 4.98 Å². The number of hydrogen-bond acceptors (Lipinski definition) is 4. The van der Waals surface area contributed by atoms with Crippen LogP contribution in [0.3, 0.4) is 0 Å². The molecule has 112 valence electrons. The molecule has 22 heavy (non-hydrogen) atoms. The molecular formula is C17H16N2O2S. The largest absolute Gasteiger partial charge is 0.484 e. The Morgan fingerprint density at radius 3 is 2.73 bits per heavy atom. The van der Waals surface area contributed by atoms with E-state index in [-0.39, 0.29) is 12.5 Å². The maximum absolute atomic E-state index is 11.9. The molecule has 0 aliphatic carbocycles. The molecule has 1 amide bonds. The van der Waals surface area contributed by atoms with Crippen molar-refractivity contribution in [3.63, 3.8) is 0 Å². The molecule has 3 aromatic rings. The molecule has 1 N–H and O–H groups in total. The summed E-state index contributed by atoms with van der Waals surface area (Å²) in [5, 5.41) is 3.85. The van der Waals surface area contributed by atoms with Gasteiger partial charge in [0.25, 0.3) is 5.91 Å². The molecule has 0 saturated carbocycles. The van der Waals surface area contributed by atoms with Gasteiger partial charge in [0.2, 0.25) is 0 Å². The number of nitrogens with zero attached hydrogens (tertiary/aromatic N) is 1. The highest BCUT2D eigenvalue weighted by atomic mass is 32.1. The van der Waals surface area contributed by atoms with E-state index in [4.69, 9.17) is 4.74 Å². The zero-order valence-electron chi connectivity index (χ0n) is 12.4. The first kappa shape index (κ1) is 14.5. The van der Waals surface area contributed by atoms with Crippen molar-refractivity contribution >= 4 is 33.1 Å². The van der Waals surface area contributed by atoms with Crippen LogP contribution in [0.2, 0.25) is 0 Å². The summed E-state index contributed by atoms with van der Waals surface area (Å²) >= 11 is 1.61. The lowest BCUT2D eigenvalue weighted by Crippen LogP contribution is -2.20. The minimum Gasteiger partial charge on any atom is -0.484 e. The van der Waals surface area contributed by atoms with Crippen molar-refractivity contribution in [1.82, 2.24) is 4.98 Å². The van der Waals surface area contributed by atoms with Crippen molar-refractivity contribution in [2.45, 2.75) is 13.8 Å². The van der Waals surface area contributed by atoms with Crippen LogP contribution in [-0.2, 0) is 4.79 Å². The number of nitrogens with one attached hydrogen (secondary N) is 1. The van der Waals surface area contributed by atoms with E-state index in [1.165, 1.54) is 0 Å². The van der Waals surface area contributed by atoms with Gasteiger partial charge in [0.1, 0.15) is 5.75 Å². The second kappa shape index (κ2) is 6.15. The zero-order valence-corrected chi connectivity index (χ0v) is 13.2. The van der Waals surface area contributed by atoms with Gasteiger partial charge in [-0.15, -0.1) is 11.3 Å². The summed E-state index contributed by atoms with van der Waals surface area (Å²) in [5.74, 6) is 0.510. The molecule has 0 aliphatic heterocycles. The van der Waals surface area contributed by atoms with Crippen LogP contribution in [-0.4, -0.2) is 17.5 Å². The number of aromatic nitrogens is 1. The Morgan fingerprint density at radius 1 is 1.18 bits per heavy atom. The predicted octanol–water partition coefficient (Wildman–Crippen LogP) is 3.93. The van der Waals surface area contributed by atoms with Gasteiger partial charge in [0, 0.05) is 5.69 Å². The van der Waals surface area contributed by atoms with E-state index < -0.39 is 0 Å². The van der Waals surface area contributed by atoms with Crippen molar-refractivity contribution in [1.29, 1.82) is 0 Å². The third kappa shape index (κ3) is 3.43. The highest BCUT2D eigenvalue weighted by Crippen LogP contribution is 2.24. The quantitative estimate of drug-likeness (QED) is 0.794. The third-order valence-electron chi connectivity index (χ3n) is 3.17. The Labute approximate surface area is 132 Å². The Hall–Kier alpha value is -2.40. The van der Waals surface area contributed by atoms with Crippen LogP contribution >= 0.6 is 11.3 Å². The molecule has 0 fully saturated rings. The van der Waals surface area contributed by atoms with Gasteiger partial charge in [-0.3, -0.25) is 4.79 Å². The minimum atomic E-state index is -0.179. The lowest BCUT2D eigenvalue weighted by molar-refractivity contribution is -0.118. The number of fused-ring (bicyclic) bond motifs is 1. The van der Waals surface area contributed by atoms with E-state index in [9.17, 15) is 4.79 Å². The molecule has 0 saturated heterocycles. The number of anilines is 1. The molecule has 0 bridgehead atoms. The molecule has 0 spiro atoms. The van der Waals surface area contributed by atoms with E-state index in [1.807, 2.05) is 56.3 Å². The fourth-order valence-corrected chi connectivity index (χ4v) is 2.96. The van der Waals surface area contributed by atoms with Crippen molar-refractivity contribution in [3.8, 4) is 5.75 Å². The van der Waals surface area contributed by atoms with E-state index in [2.05, 4.69) is 10.3 Å². The lowest BCUT2D eigenvalue weighted by Gasteiger charge is -2.07. The van der Waals surface area contributed by atoms with Gasteiger partial charge in [-0.1, -0.05) is 17.7 Å². The smallest absolute Gasteiger partial charge is 0.262 e. The second-order valence-corrected chi connectivity index (χ2v) is 6.30. The minimum absolute atomic E-state index is 0.0111. The number of aryl methyl sites for hydroxylation is 2. The van der Waals surface area contributed by atoms with Gasteiger partial charge >= 0.3 is 0 Å². The summed E-state index contributed by atoms with van der Waals surface area (Å²) in [4.78, 5) is 16.3. The lowest BCUT2D eigenvalue weighted by atomic mass is 10.2. The van der Waals surface area contributed by atoms with Crippen LogP contribution in [0, 0.1) is 13.8 Å². The summed E-state index contributed by atoms with van der Waals surface area (Å²) in [6, 6.07) is 13.3. The summed E-state index contributed by atoms with van der Waals surface area (Å²) in [6.07, 6.45) is 0. The molecule has 1 aromatic heterocycles. The van der Waals surface area contributed by atoms with E-state index in [1.54, 1.807) is 11.3 Å². The topological polar surface area (TPSA) is 51.2 Å². The van der Waals surface area contributed by atoms with Crippen molar-refractivity contribution in [2.24, 2.45) is 0 Å². The molecular weight excluding hydrogens is 296 g/mol. The van der Waals surface area contributed by atoms with E-state index in [0.29, 0.717) is 5.75 Å². The standard InChI is InChI=1S/C17H16N2O2S/c1-11-3-6-14(7-4-11)21-10-17(20)19-13-5-8-15-16(9-13)22-12(2)18-15/h3-9H,10H2,1-2H3,(H,19,20). The second-order valence-electron chi connectivity index (χ2n) is 5.07. The molecule has 0 atom stereocenters. The normalized spacial score (nSPS) is 10.6. The van der Waals surface area contributed by atoms with Gasteiger partial charge in [0.05, 0.1) is 15.2 Å². The molecule has 2 aromatic carbocycles. The predicted molar refractivity (Wildman–Crippen MR) is 89.7 cm³/mol. The molecule has 0 radical (unpaired) electrons. The van der Waals surface area contributed by atoms with Gasteiger partial charge in [-0.05, 0) is 44.2 Å². The number of carbonyl (C=O) groups excluding carboxylic acids is 1. The highest BCUT2D eigenvalue weighted by Gasteiger charge is 2.06. The maximum Gasteiger partial charge on any atom is 0.262 e. The highest BCUT2D eigenvalue weighted by molar-refractivity contribution is 7.18. The third-order valence-corrected chi connectivity index (χ3v) is 4.10. The van der Waals surface area contributed by atoms with Crippen molar-refractivity contribution in [2.75, 3.05) is 11.9 Å². The molecule has 5 heteroatoms. The van der Waals surface area contributed by atoms with Crippen LogP contribution in [0.1, 0.15) is 10.6 Å². The summed E-state index contributed by atoms with van der Waals surface area (Å²) < 4.78 is 6.53. The number of thiazole rings is 1. The molecule has 1 heterocycles. The summed E-state index contributed by atoms with van der Waals surface area (Å²) in [7, 11) is 0. The van der Waals surface area contributed by atoms with Gasteiger partial charge in [-0.2, -0.15) is 0 Å². The maximum atomic E-state index is 11.9. The van der Waals surface area contributed by atoms with Gasteiger partial charge in [0.15, 0.2) is 6.61 Å². The monoisotopic (exact) mass is 312 g/mol. The number of ether oxygens (including phenoxy) is 1. The van der Waals surface area contributed by atoms with Crippen LogP contribution in [0.5, 0.6) is 5.75 Å². The zero-order chi connectivity index (χ0) is 15.5. The Morgan fingerprint density at radius 2 is 1.95 bits per heavy atom. The average Bonchev–Trinajstić information content (AvgIpc) is 2.86. The number of rotatable bonds is 4. The average molecular weight is 312 g/mol. The molecule has 0 unspecified atom stereocenters. The molecule has 4 nitrogen and oxygen atoms in total. The number of amides is 1. The Bertz CT molecular complexity index is 809.